The molecule has 0 saturated carbocycles. The lowest BCUT2D eigenvalue weighted by atomic mass is 9.98. The summed E-state index contributed by atoms with van der Waals surface area (Å²) in [5, 5.41) is 11.7. The highest BCUT2D eigenvalue weighted by Gasteiger charge is 2.33. The van der Waals surface area contributed by atoms with Crippen LogP contribution in [-0.2, 0) is 14.3 Å². The van der Waals surface area contributed by atoms with Gasteiger partial charge in [-0.15, -0.1) is 0 Å². The van der Waals surface area contributed by atoms with Crippen LogP contribution in [0.2, 0.25) is 0 Å². The maximum absolute atomic E-state index is 13.7. The number of piperidine rings is 1. The molecule has 2 amide bonds. The Bertz CT molecular complexity index is 1200. The summed E-state index contributed by atoms with van der Waals surface area (Å²) in [4.78, 5) is 38.2. The third-order valence-electron chi connectivity index (χ3n) is 6.09. The van der Waals surface area contributed by atoms with E-state index in [9.17, 15) is 28.3 Å². The van der Waals surface area contributed by atoms with Gasteiger partial charge in [-0.05, 0) is 63.4 Å². The molecule has 0 aliphatic carbocycles. The predicted octanol–water partition coefficient (Wildman–Crippen LogP) is 4.63. The highest BCUT2D eigenvalue weighted by molar-refractivity contribution is 5.89. The second kappa shape index (κ2) is 12.8. The second-order valence-corrected chi connectivity index (χ2v) is 10.4. The lowest BCUT2D eigenvalue weighted by Crippen LogP contribution is -2.53. The summed E-state index contributed by atoms with van der Waals surface area (Å²) >= 11 is 0. The third kappa shape index (κ3) is 8.56. The Morgan fingerprint density at radius 3 is 2.51 bits per heavy atom. The minimum absolute atomic E-state index is 0.0356. The zero-order valence-corrected chi connectivity index (χ0v) is 22.5. The molecule has 39 heavy (non-hydrogen) atoms. The zero-order valence-electron chi connectivity index (χ0n) is 22.5. The Balaban J connectivity index is 1.64. The van der Waals surface area contributed by atoms with Crippen LogP contribution < -0.4 is 14.8 Å². The highest BCUT2D eigenvalue weighted by atomic mass is 19.2. The number of benzene rings is 2. The largest absolute Gasteiger partial charge is 0.496 e. The van der Waals surface area contributed by atoms with E-state index in [1.54, 1.807) is 39.0 Å². The molecular formula is C28H34F2N2O7. The van der Waals surface area contributed by atoms with Crippen LogP contribution >= 0.6 is 0 Å². The Morgan fingerprint density at radius 1 is 1.13 bits per heavy atom. The normalized spacial score (nSPS) is 16.3. The first-order valence-corrected chi connectivity index (χ1v) is 12.6. The van der Waals surface area contributed by atoms with E-state index in [0.717, 1.165) is 18.6 Å². The van der Waals surface area contributed by atoms with Crippen LogP contribution in [-0.4, -0.2) is 66.4 Å². The van der Waals surface area contributed by atoms with E-state index in [0.29, 0.717) is 42.1 Å². The average molecular weight is 549 g/mol. The van der Waals surface area contributed by atoms with Crippen molar-refractivity contribution >= 4 is 18.0 Å². The van der Waals surface area contributed by atoms with Crippen LogP contribution in [0, 0.1) is 17.6 Å². The molecule has 2 N–H and O–H groups in total. The Hall–Kier alpha value is -3.89. The number of halogens is 2. The molecule has 2 aromatic carbocycles. The van der Waals surface area contributed by atoms with Gasteiger partial charge in [-0.25, -0.2) is 13.6 Å². The smallest absolute Gasteiger partial charge is 0.408 e. The molecule has 1 heterocycles. The maximum atomic E-state index is 13.7. The summed E-state index contributed by atoms with van der Waals surface area (Å²) in [6.07, 6.45) is 0.0426. The third-order valence-corrected chi connectivity index (χ3v) is 6.09. The zero-order chi connectivity index (χ0) is 28.7. The van der Waals surface area contributed by atoms with Gasteiger partial charge in [-0.1, -0.05) is 6.07 Å². The van der Waals surface area contributed by atoms with Crippen molar-refractivity contribution in [3.63, 3.8) is 0 Å². The number of hydrogen-bond acceptors (Lipinski definition) is 6. The average Bonchev–Trinajstić information content (AvgIpc) is 2.87. The van der Waals surface area contributed by atoms with Crippen LogP contribution in [0.4, 0.5) is 13.6 Å². The number of carbonyl (C=O) groups is 3. The van der Waals surface area contributed by atoms with Crippen LogP contribution in [0.25, 0.3) is 11.1 Å². The fraction of sp³-hybridized carbons (Fsp3) is 0.464. The molecule has 1 aliphatic rings. The van der Waals surface area contributed by atoms with E-state index in [1.807, 2.05) is 0 Å². The summed E-state index contributed by atoms with van der Waals surface area (Å²) in [6.45, 7) is 6.04. The molecule has 0 spiro atoms. The van der Waals surface area contributed by atoms with Crippen molar-refractivity contribution in [1.82, 2.24) is 10.2 Å². The fourth-order valence-electron chi connectivity index (χ4n) is 4.32. The number of nitrogens with one attached hydrogen (secondary N) is 1. The Kier molecular flexibility index (Phi) is 9.71. The number of aliphatic carboxylic acids is 1. The summed E-state index contributed by atoms with van der Waals surface area (Å²) in [7, 11) is 1.46. The fourth-order valence-corrected chi connectivity index (χ4v) is 4.32. The standard InChI is InChI=1S/C28H34F2N2O7/c1-28(2,3)39-27(36)31-23(14-25(33)34)26(35)32-11-5-6-17(15-32)16-38-19-8-9-20(24(13-19)37-4)18-7-10-21(29)22(30)12-18/h7-10,12-13,17,23H,5-6,11,14-16H2,1-4H3,(H,31,36)(H,33,34)/t17?,23-/m0/s1. The van der Waals surface area contributed by atoms with E-state index in [2.05, 4.69) is 5.32 Å². The van der Waals surface area contributed by atoms with Gasteiger partial charge < -0.3 is 29.5 Å². The Morgan fingerprint density at radius 2 is 1.87 bits per heavy atom. The molecular weight excluding hydrogens is 514 g/mol. The number of carboxylic acid groups (broad SMARTS) is 1. The lowest BCUT2D eigenvalue weighted by molar-refractivity contribution is -0.143. The van der Waals surface area contributed by atoms with Crippen LogP contribution in [0.5, 0.6) is 11.5 Å². The minimum atomic E-state index is -1.26. The monoisotopic (exact) mass is 548 g/mol. The van der Waals surface area contributed by atoms with Crippen molar-refractivity contribution in [2.75, 3.05) is 26.8 Å². The van der Waals surface area contributed by atoms with Gasteiger partial charge in [0.05, 0.1) is 20.1 Å². The predicted molar refractivity (Wildman–Crippen MR) is 139 cm³/mol. The quantitative estimate of drug-likeness (QED) is 0.470. The van der Waals surface area contributed by atoms with Gasteiger partial charge in [-0.3, -0.25) is 9.59 Å². The number of methoxy groups -OCH3 is 1. The van der Waals surface area contributed by atoms with Gasteiger partial charge in [0.25, 0.3) is 0 Å². The van der Waals surface area contributed by atoms with Gasteiger partial charge in [0, 0.05) is 30.6 Å². The van der Waals surface area contributed by atoms with Gasteiger partial charge in [0.15, 0.2) is 11.6 Å². The molecule has 9 nitrogen and oxygen atoms in total. The molecule has 212 valence electrons. The summed E-state index contributed by atoms with van der Waals surface area (Å²) < 4.78 is 43.6. The van der Waals surface area contributed by atoms with Crippen molar-refractivity contribution < 1.29 is 42.5 Å². The number of rotatable bonds is 9. The molecule has 0 aromatic heterocycles. The summed E-state index contributed by atoms with van der Waals surface area (Å²) in [6, 6.07) is 7.38. The first-order valence-electron chi connectivity index (χ1n) is 12.6. The van der Waals surface area contributed by atoms with Crippen molar-refractivity contribution in [3.8, 4) is 22.6 Å². The summed E-state index contributed by atoms with van der Waals surface area (Å²) in [5.41, 5.74) is 0.222. The van der Waals surface area contributed by atoms with Crippen molar-refractivity contribution in [2.24, 2.45) is 5.92 Å². The topological polar surface area (TPSA) is 114 Å². The van der Waals surface area contributed by atoms with E-state index >= 15 is 0 Å². The minimum Gasteiger partial charge on any atom is -0.496 e. The van der Waals surface area contributed by atoms with Gasteiger partial charge in [0.2, 0.25) is 5.91 Å². The van der Waals surface area contributed by atoms with Crippen LogP contribution in [0.1, 0.15) is 40.0 Å². The number of alkyl carbamates (subject to hydrolysis) is 1. The van der Waals surface area contributed by atoms with Crippen molar-refractivity contribution in [2.45, 2.75) is 51.7 Å². The van der Waals surface area contributed by atoms with Crippen molar-refractivity contribution in [3.05, 3.63) is 48.0 Å². The Labute approximate surface area is 226 Å². The second-order valence-electron chi connectivity index (χ2n) is 10.4. The van der Waals surface area contributed by atoms with Gasteiger partial charge >= 0.3 is 12.1 Å². The number of ether oxygens (including phenoxy) is 3. The molecule has 1 unspecified atom stereocenters. The number of hydrogen-bond donors (Lipinski definition) is 2. The molecule has 0 radical (unpaired) electrons. The molecule has 0 bridgehead atoms. The summed E-state index contributed by atoms with van der Waals surface area (Å²) in [5.74, 6) is -2.73. The highest BCUT2D eigenvalue weighted by Crippen LogP contribution is 2.34. The van der Waals surface area contributed by atoms with Crippen molar-refractivity contribution in [1.29, 1.82) is 0 Å². The number of nitrogens with zero attached hydrogens (tertiary/aromatic N) is 1. The number of likely N-dealkylation sites (tertiary alicyclic amines) is 1. The SMILES string of the molecule is COc1cc(OCC2CCCN(C(=O)[C@H](CC(=O)O)NC(=O)OC(C)(C)C)C2)ccc1-c1ccc(F)c(F)c1. The van der Waals surface area contributed by atoms with E-state index in [-0.39, 0.29) is 12.5 Å². The number of carbonyl (C=O) groups excluding carboxylic acids is 2. The molecule has 2 atom stereocenters. The maximum Gasteiger partial charge on any atom is 0.408 e. The first-order chi connectivity index (χ1) is 18.4. The molecule has 2 aromatic rings. The molecule has 1 aliphatic heterocycles. The molecule has 1 fully saturated rings. The van der Waals surface area contributed by atoms with Gasteiger partial charge in [-0.2, -0.15) is 0 Å². The van der Waals surface area contributed by atoms with Crippen LogP contribution in [0.15, 0.2) is 36.4 Å². The van der Waals surface area contributed by atoms with E-state index in [4.69, 9.17) is 14.2 Å². The number of amides is 2. The lowest BCUT2D eigenvalue weighted by Gasteiger charge is -2.35. The van der Waals surface area contributed by atoms with E-state index in [1.165, 1.54) is 18.1 Å². The van der Waals surface area contributed by atoms with Crippen LogP contribution in [0.3, 0.4) is 0 Å². The number of carboxylic acids is 1. The van der Waals surface area contributed by atoms with Gasteiger partial charge in [0.1, 0.15) is 23.1 Å². The molecule has 11 heteroatoms. The first kappa shape index (κ1) is 29.7. The van der Waals surface area contributed by atoms with E-state index < -0.39 is 47.7 Å². The molecule has 3 rings (SSSR count). The molecule has 1 saturated heterocycles.